The van der Waals surface area contributed by atoms with Crippen LogP contribution >= 0.6 is 0 Å². The highest BCUT2D eigenvalue weighted by Gasteiger charge is 2.45. The number of benzene rings is 1. The van der Waals surface area contributed by atoms with E-state index in [1.54, 1.807) is 0 Å². The van der Waals surface area contributed by atoms with Gasteiger partial charge in [-0.2, -0.15) is 0 Å². The number of aryl methyl sites for hydroxylation is 1. The average Bonchev–Trinajstić information content (AvgIpc) is 2.61. The number of carbonyl (C=O) groups is 2. The minimum Gasteiger partial charge on any atom is -0.465 e. The minimum atomic E-state index is -1.17. The van der Waals surface area contributed by atoms with Crippen molar-refractivity contribution in [1.82, 2.24) is 0 Å². The molecule has 0 saturated carbocycles. The Bertz CT molecular complexity index is 492. The van der Waals surface area contributed by atoms with E-state index in [1.165, 1.54) is 5.56 Å². The first-order chi connectivity index (χ1) is 11.6. The van der Waals surface area contributed by atoms with Gasteiger partial charge in [-0.1, -0.05) is 57.5 Å². The molecule has 0 bridgehead atoms. The van der Waals surface area contributed by atoms with Crippen molar-refractivity contribution in [2.45, 2.75) is 59.3 Å². The number of hydrogen-bond donors (Lipinski definition) is 0. The molecule has 0 saturated heterocycles. The zero-order valence-corrected chi connectivity index (χ0v) is 15.2. The first-order valence-corrected chi connectivity index (χ1v) is 8.99. The Balaban J connectivity index is 2.51. The number of hydrogen-bond acceptors (Lipinski definition) is 4. The Labute approximate surface area is 145 Å². The molecule has 0 fully saturated rings. The molecule has 0 N–H and O–H groups in total. The third-order valence-corrected chi connectivity index (χ3v) is 4.41. The van der Waals surface area contributed by atoms with E-state index in [2.05, 4.69) is 12.1 Å². The zero-order chi connectivity index (χ0) is 17.8. The van der Waals surface area contributed by atoms with Crippen LogP contribution in [0, 0.1) is 5.41 Å². The molecule has 1 rings (SSSR count). The lowest BCUT2D eigenvalue weighted by Crippen LogP contribution is -2.41. The van der Waals surface area contributed by atoms with Gasteiger partial charge in [0.15, 0.2) is 5.41 Å². The fourth-order valence-corrected chi connectivity index (χ4v) is 2.58. The van der Waals surface area contributed by atoms with E-state index in [-0.39, 0.29) is 0 Å². The highest BCUT2D eigenvalue weighted by molar-refractivity contribution is 5.99. The predicted molar refractivity (Wildman–Crippen MR) is 94.6 cm³/mol. The Morgan fingerprint density at radius 1 is 0.875 bits per heavy atom. The number of carbonyl (C=O) groups excluding carboxylic acids is 2. The van der Waals surface area contributed by atoms with Crippen LogP contribution < -0.4 is 0 Å². The highest BCUT2D eigenvalue weighted by Crippen LogP contribution is 2.30. The van der Waals surface area contributed by atoms with Gasteiger partial charge in [0.2, 0.25) is 0 Å². The van der Waals surface area contributed by atoms with Crippen molar-refractivity contribution in [1.29, 1.82) is 0 Å². The Morgan fingerprint density at radius 2 is 1.42 bits per heavy atom. The van der Waals surface area contributed by atoms with Crippen LogP contribution in [0.2, 0.25) is 0 Å². The molecule has 0 aliphatic carbocycles. The van der Waals surface area contributed by atoms with Crippen LogP contribution in [-0.4, -0.2) is 25.2 Å². The summed E-state index contributed by atoms with van der Waals surface area (Å²) < 4.78 is 10.7. The number of ether oxygens (including phenoxy) is 2. The minimum absolute atomic E-state index is 0.317. The maximum atomic E-state index is 12.5. The summed E-state index contributed by atoms with van der Waals surface area (Å²) in [5.74, 6) is -0.906. The second-order valence-corrected chi connectivity index (χ2v) is 6.00. The van der Waals surface area contributed by atoms with Crippen LogP contribution in [0.15, 0.2) is 30.3 Å². The van der Waals surface area contributed by atoms with Crippen LogP contribution in [0.1, 0.15) is 58.4 Å². The summed E-state index contributed by atoms with van der Waals surface area (Å²) in [5, 5.41) is 0. The predicted octanol–water partition coefficient (Wildman–Crippen LogP) is 4.31. The van der Waals surface area contributed by atoms with E-state index in [0.29, 0.717) is 26.1 Å². The summed E-state index contributed by atoms with van der Waals surface area (Å²) in [6.45, 7) is 6.36. The van der Waals surface area contributed by atoms with Gasteiger partial charge in [0.25, 0.3) is 0 Å². The SMILES string of the molecule is CCCCOC(=O)C(CC)(CC)C(=O)OCCCc1ccccc1. The van der Waals surface area contributed by atoms with E-state index in [1.807, 2.05) is 39.0 Å². The molecular weight excluding hydrogens is 304 g/mol. The Kier molecular flexibility index (Phi) is 9.13. The normalized spacial score (nSPS) is 11.1. The molecule has 0 spiro atoms. The van der Waals surface area contributed by atoms with Crippen LogP contribution in [-0.2, 0) is 25.5 Å². The van der Waals surface area contributed by atoms with Gasteiger partial charge in [-0.3, -0.25) is 9.59 Å². The smallest absolute Gasteiger partial charge is 0.323 e. The monoisotopic (exact) mass is 334 g/mol. The molecule has 0 unspecified atom stereocenters. The zero-order valence-electron chi connectivity index (χ0n) is 15.2. The molecule has 1 aromatic carbocycles. The van der Waals surface area contributed by atoms with Gasteiger partial charge in [-0.25, -0.2) is 0 Å². The van der Waals surface area contributed by atoms with E-state index < -0.39 is 17.4 Å². The molecule has 0 aromatic heterocycles. The second-order valence-electron chi connectivity index (χ2n) is 6.00. The van der Waals surface area contributed by atoms with Crippen molar-refractivity contribution in [3.8, 4) is 0 Å². The lowest BCUT2D eigenvalue weighted by molar-refractivity contribution is -0.173. The van der Waals surface area contributed by atoms with Gasteiger partial charge in [-0.05, 0) is 37.7 Å². The van der Waals surface area contributed by atoms with Crippen LogP contribution in [0.5, 0.6) is 0 Å². The summed E-state index contributed by atoms with van der Waals surface area (Å²) in [4.78, 5) is 24.9. The number of esters is 2. The fraction of sp³-hybridized carbons (Fsp3) is 0.600. The van der Waals surface area contributed by atoms with Crippen molar-refractivity contribution >= 4 is 11.9 Å². The molecule has 0 radical (unpaired) electrons. The molecule has 134 valence electrons. The summed E-state index contributed by atoms with van der Waals surface area (Å²) in [6, 6.07) is 10.1. The lowest BCUT2D eigenvalue weighted by atomic mass is 9.82. The van der Waals surface area contributed by atoms with Gasteiger partial charge in [0.1, 0.15) is 0 Å². The molecule has 1 aromatic rings. The van der Waals surface area contributed by atoms with Gasteiger partial charge < -0.3 is 9.47 Å². The summed E-state index contributed by atoms with van der Waals surface area (Å²) in [7, 11) is 0. The third-order valence-electron chi connectivity index (χ3n) is 4.41. The molecule has 24 heavy (non-hydrogen) atoms. The van der Waals surface area contributed by atoms with Crippen molar-refractivity contribution in [3.63, 3.8) is 0 Å². The average molecular weight is 334 g/mol. The summed E-state index contributed by atoms with van der Waals surface area (Å²) in [6.07, 6.45) is 4.13. The van der Waals surface area contributed by atoms with Gasteiger partial charge >= 0.3 is 11.9 Å². The molecule has 0 amide bonds. The van der Waals surface area contributed by atoms with Crippen molar-refractivity contribution in [2.75, 3.05) is 13.2 Å². The molecular formula is C20H30O4. The first-order valence-electron chi connectivity index (χ1n) is 8.99. The van der Waals surface area contributed by atoms with E-state index in [0.717, 1.165) is 25.7 Å². The Hall–Kier alpha value is -1.84. The van der Waals surface area contributed by atoms with E-state index in [9.17, 15) is 9.59 Å². The van der Waals surface area contributed by atoms with Gasteiger partial charge in [-0.15, -0.1) is 0 Å². The topological polar surface area (TPSA) is 52.6 Å². The first kappa shape index (κ1) is 20.2. The highest BCUT2D eigenvalue weighted by atomic mass is 16.6. The maximum absolute atomic E-state index is 12.5. The molecule has 0 atom stereocenters. The van der Waals surface area contributed by atoms with Crippen molar-refractivity contribution < 1.29 is 19.1 Å². The van der Waals surface area contributed by atoms with Crippen LogP contribution in [0.3, 0.4) is 0 Å². The van der Waals surface area contributed by atoms with Gasteiger partial charge in [0, 0.05) is 0 Å². The fourth-order valence-electron chi connectivity index (χ4n) is 2.58. The maximum Gasteiger partial charge on any atom is 0.323 e. The number of unbranched alkanes of at least 4 members (excludes halogenated alkanes) is 1. The Morgan fingerprint density at radius 3 is 1.92 bits per heavy atom. The molecule has 0 heterocycles. The largest absolute Gasteiger partial charge is 0.465 e. The molecule has 4 nitrogen and oxygen atoms in total. The molecule has 0 aliphatic heterocycles. The third kappa shape index (κ3) is 5.66. The van der Waals surface area contributed by atoms with Crippen LogP contribution in [0.4, 0.5) is 0 Å². The van der Waals surface area contributed by atoms with E-state index >= 15 is 0 Å². The van der Waals surface area contributed by atoms with Crippen LogP contribution in [0.25, 0.3) is 0 Å². The quantitative estimate of drug-likeness (QED) is 0.344. The van der Waals surface area contributed by atoms with Crippen molar-refractivity contribution in [3.05, 3.63) is 35.9 Å². The number of rotatable bonds is 11. The second kappa shape index (κ2) is 10.8. The summed E-state index contributed by atoms with van der Waals surface area (Å²) in [5.41, 5.74) is 0.0466. The van der Waals surface area contributed by atoms with Crippen molar-refractivity contribution in [2.24, 2.45) is 5.41 Å². The van der Waals surface area contributed by atoms with Gasteiger partial charge in [0.05, 0.1) is 13.2 Å². The molecule has 4 heteroatoms. The van der Waals surface area contributed by atoms with E-state index in [4.69, 9.17) is 9.47 Å². The lowest BCUT2D eigenvalue weighted by Gasteiger charge is -2.26. The molecule has 0 aliphatic rings. The summed E-state index contributed by atoms with van der Waals surface area (Å²) >= 11 is 0. The standard InChI is InChI=1S/C20H30O4/c1-4-7-15-23-18(21)20(5-2,6-3)19(22)24-16-11-14-17-12-9-8-10-13-17/h8-10,12-13H,4-7,11,14-16H2,1-3H3.